The average molecular weight is 331 g/mol. The second kappa shape index (κ2) is 6.00. The minimum absolute atomic E-state index is 0.128. The molecule has 3 saturated carbocycles. The molecule has 1 heterocycles. The molecule has 2 bridgehead atoms. The Bertz CT molecular complexity index is 665. The lowest BCUT2D eigenvalue weighted by atomic mass is 9.58. The van der Waals surface area contributed by atoms with Crippen LogP contribution in [0.2, 0.25) is 0 Å². The number of carboxylic acids is 1. The second-order valence-electron chi connectivity index (χ2n) is 6.91. The van der Waals surface area contributed by atoms with Crippen LogP contribution in [0.4, 0.5) is 5.69 Å². The Morgan fingerprint density at radius 1 is 0.958 bits per heavy atom. The summed E-state index contributed by atoms with van der Waals surface area (Å²) in [5, 5.41) is 12.5. The van der Waals surface area contributed by atoms with Gasteiger partial charge >= 0.3 is 5.97 Å². The summed E-state index contributed by atoms with van der Waals surface area (Å²) in [7, 11) is 0. The molecule has 6 nitrogen and oxygen atoms in total. The topological polar surface area (TPSA) is 84.9 Å². The van der Waals surface area contributed by atoms with E-state index < -0.39 is 17.8 Å². The average Bonchev–Trinajstić information content (AvgIpc) is 2.61. The van der Waals surface area contributed by atoms with Crippen molar-refractivity contribution in [1.29, 1.82) is 0 Å². The van der Waals surface area contributed by atoms with Crippen molar-refractivity contribution >= 4 is 17.6 Å². The van der Waals surface area contributed by atoms with Crippen molar-refractivity contribution in [2.45, 2.75) is 25.7 Å². The highest BCUT2D eigenvalue weighted by Crippen LogP contribution is 2.49. The van der Waals surface area contributed by atoms with Crippen LogP contribution in [0.3, 0.4) is 0 Å². The van der Waals surface area contributed by atoms with Crippen LogP contribution in [0, 0.1) is 23.7 Å². The molecule has 6 heteroatoms. The maximum atomic E-state index is 12.8. The van der Waals surface area contributed by atoms with Crippen molar-refractivity contribution in [1.82, 2.24) is 0 Å². The van der Waals surface area contributed by atoms with Gasteiger partial charge in [0, 0.05) is 11.8 Å². The maximum absolute atomic E-state index is 12.8. The number of carboxylic acid groups (broad SMARTS) is 1. The first-order valence-electron chi connectivity index (χ1n) is 8.57. The van der Waals surface area contributed by atoms with Crippen molar-refractivity contribution in [2.75, 3.05) is 18.5 Å². The number of hydrogen-bond acceptors (Lipinski definition) is 4. The summed E-state index contributed by atoms with van der Waals surface area (Å²) in [6.07, 6.45) is 3.76. The summed E-state index contributed by atoms with van der Waals surface area (Å²) in [5.74, 6) is -0.451. The number of aliphatic carboxylic acids is 1. The second-order valence-corrected chi connectivity index (χ2v) is 6.91. The zero-order valence-corrected chi connectivity index (χ0v) is 13.4. The first-order valence-corrected chi connectivity index (χ1v) is 8.57. The van der Waals surface area contributed by atoms with Crippen molar-refractivity contribution in [3.8, 4) is 11.5 Å². The fourth-order valence-electron chi connectivity index (χ4n) is 4.53. The molecule has 0 radical (unpaired) electrons. The van der Waals surface area contributed by atoms with Gasteiger partial charge in [-0.3, -0.25) is 9.59 Å². The largest absolute Gasteiger partial charge is 0.486 e. The van der Waals surface area contributed by atoms with Crippen LogP contribution >= 0.6 is 0 Å². The van der Waals surface area contributed by atoms with Crippen LogP contribution in [0.5, 0.6) is 11.5 Å². The van der Waals surface area contributed by atoms with E-state index in [1.54, 1.807) is 18.2 Å². The van der Waals surface area contributed by atoms with Crippen LogP contribution in [0.25, 0.3) is 0 Å². The number of hydrogen-bond donors (Lipinski definition) is 2. The third kappa shape index (κ3) is 2.60. The van der Waals surface area contributed by atoms with Crippen LogP contribution in [-0.4, -0.2) is 30.2 Å². The third-order valence-corrected chi connectivity index (χ3v) is 5.62. The van der Waals surface area contributed by atoms with E-state index in [1.165, 1.54) is 0 Å². The summed E-state index contributed by atoms with van der Waals surface area (Å²) >= 11 is 0. The number of amides is 1. The molecule has 0 saturated heterocycles. The van der Waals surface area contributed by atoms with Crippen LogP contribution < -0.4 is 14.8 Å². The molecule has 2 atom stereocenters. The van der Waals surface area contributed by atoms with E-state index in [0.29, 0.717) is 30.4 Å². The van der Waals surface area contributed by atoms with Gasteiger partial charge in [0.2, 0.25) is 5.91 Å². The molecule has 1 amide bonds. The Hall–Kier alpha value is -2.24. The molecule has 24 heavy (non-hydrogen) atoms. The lowest BCUT2D eigenvalue weighted by molar-refractivity contribution is -0.156. The molecule has 0 aromatic heterocycles. The normalized spacial score (nSPS) is 30.7. The molecule has 0 unspecified atom stereocenters. The summed E-state index contributed by atoms with van der Waals surface area (Å²) in [5.41, 5.74) is 0.620. The first kappa shape index (κ1) is 15.3. The Labute approximate surface area is 140 Å². The van der Waals surface area contributed by atoms with Crippen molar-refractivity contribution < 1.29 is 24.2 Å². The molecule has 128 valence electrons. The number of rotatable bonds is 3. The van der Waals surface area contributed by atoms with Gasteiger partial charge in [-0.05, 0) is 49.7 Å². The number of carbonyl (C=O) groups excluding carboxylic acids is 1. The SMILES string of the molecule is O=C(O)[C@H]1C2CCC(CC2)[C@@H]1C(=O)Nc1ccc2c(c1)OCCO2. The molecule has 1 aromatic carbocycles. The lowest BCUT2D eigenvalue weighted by Gasteiger charge is -2.45. The van der Waals surface area contributed by atoms with E-state index in [0.717, 1.165) is 25.7 Å². The minimum atomic E-state index is -0.841. The highest BCUT2D eigenvalue weighted by atomic mass is 16.6. The molecular formula is C18H21NO5. The van der Waals surface area contributed by atoms with Crippen LogP contribution in [0.1, 0.15) is 25.7 Å². The van der Waals surface area contributed by atoms with Gasteiger partial charge in [-0.25, -0.2) is 0 Å². The van der Waals surface area contributed by atoms with Gasteiger partial charge in [-0.2, -0.15) is 0 Å². The van der Waals surface area contributed by atoms with Gasteiger partial charge in [0.15, 0.2) is 11.5 Å². The monoisotopic (exact) mass is 331 g/mol. The Morgan fingerprint density at radius 2 is 1.58 bits per heavy atom. The Morgan fingerprint density at radius 3 is 2.25 bits per heavy atom. The Kier molecular flexibility index (Phi) is 3.82. The summed E-state index contributed by atoms with van der Waals surface area (Å²) < 4.78 is 11.0. The fourth-order valence-corrected chi connectivity index (χ4v) is 4.53. The zero-order chi connectivity index (χ0) is 16.7. The molecule has 5 rings (SSSR count). The standard InChI is InChI=1S/C18H21NO5/c20-17(15-10-1-3-11(4-2-10)16(15)18(21)22)19-12-5-6-13-14(9-12)24-8-7-23-13/h5-6,9-11,15-16H,1-4,7-8H2,(H,19,20)(H,21,22)/t10?,11?,15-,16-/m0/s1. The van der Waals surface area contributed by atoms with E-state index in [9.17, 15) is 14.7 Å². The molecule has 1 aliphatic heterocycles. The predicted octanol–water partition coefficient (Wildman–Crippen LogP) is 2.53. The van der Waals surface area contributed by atoms with Crippen LogP contribution in [0.15, 0.2) is 18.2 Å². The quantitative estimate of drug-likeness (QED) is 0.889. The third-order valence-electron chi connectivity index (χ3n) is 5.62. The first-order chi connectivity index (χ1) is 11.6. The van der Waals surface area contributed by atoms with Gasteiger partial charge in [0.25, 0.3) is 0 Å². The predicted molar refractivity (Wildman–Crippen MR) is 86.1 cm³/mol. The van der Waals surface area contributed by atoms with Gasteiger partial charge in [0.05, 0.1) is 11.8 Å². The summed E-state index contributed by atoms with van der Waals surface area (Å²) in [6, 6.07) is 5.28. The van der Waals surface area contributed by atoms with Gasteiger partial charge in [0.1, 0.15) is 13.2 Å². The van der Waals surface area contributed by atoms with E-state index in [1.807, 2.05) is 0 Å². The summed E-state index contributed by atoms with van der Waals surface area (Å²) in [4.78, 5) is 24.5. The van der Waals surface area contributed by atoms with Gasteiger partial charge < -0.3 is 19.9 Å². The van der Waals surface area contributed by atoms with Crippen molar-refractivity contribution in [3.63, 3.8) is 0 Å². The lowest BCUT2D eigenvalue weighted by Crippen LogP contribution is -2.49. The zero-order valence-electron chi connectivity index (χ0n) is 13.4. The fraction of sp³-hybridized carbons (Fsp3) is 0.556. The highest BCUT2D eigenvalue weighted by molar-refractivity contribution is 5.96. The van der Waals surface area contributed by atoms with E-state index in [4.69, 9.17) is 9.47 Å². The number of fused-ring (bicyclic) bond motifs is 4. The molecule has 3 aliphatic carbocycles. The minimum Gasteiger partial charge on any atom is -0.486 e. The molecule has 4 aliphatic rings. The van der Waals surface area contributed by atoms with Crippen molar-refractivity contribution in [2.24, 2.45) is 23.7 Å². The number of benzene rings is 1. The molecular weight excluding hydrogens is 310 g/mol. The number of carbonyl (C=O) groups is 2. The Balaban J connectivity index is 1.54. The molecule has 3 fully saturated rings. The van der Waals surface area contributed by atoms with E-state index in [-0.39, 0.29) is 17.7 Å². The van der Waals surface area contributed by atoms with Crippen LogP contribution in [-0.2, 0) is 9.59 Å². The number of ether oxygens (including phenoxy) is 2. The van der Waals surface area contributed by atoms with E-state index >= 15 is 0 Å². The molecule has 1 aromatic rings. The molecule has 2 N–H and O–H groups in total. The number of nitrogens with one attached hydrogen (secondary N) is 1. The van der Waals surface area contributed by atoms with Gasteiger partial charge in [-0.1, -0.05) is 0 Å². The molecule has 0 spiro atoms. The van der Waals surface area contributed by atoms with E-state index in [2.05, 4.69) is 5.32 Å². The van der Waals surface area contributed by atoms with Gasteiger partial charge in [-0.15, -0.1) is 0 Å². The number of anilines is 1. The summed E-state index contributed by atoms with van der Waals surface area (Å²) in [6.45, 7) is 1.00. The maximum Gasteiger partial charge on any atom is 0.307 e. The van der Waals surface area contributed by atoms with Crippen molar-refractivity contribution in [3.05, 3.63) is 18.2 Å². The highest BCUT2D eigenvalue weighted by Gasteiger charge is 2.50. The smallest absolute Gasteiger partial charge is 0.307 e.